The lowest BCUT2D eigenvalue weighted by Crippen LogP contribution is -2.59. The van der Waals surface area contributed by atoms with Gasteiger partial charge in [-0.2, -0.15) is 0 Å². The molecular formula is C21H26N2O. The van der Waals surface area contributed by atoms with Crippen molar-refractivity contribution < 1.29 is 4.74 Å². The molecule has 0 aliphatic carbocycles. The molecule has 0 radical (unpaired) electrons. The van der Waals surface area contributed by atoms with Gasteiger partial charge in [0.25, 0.3) is 0 Å². The van der Waals surface area contributed by atoms with E-state index in [1.807, 2.05) is 18.5 Å². The molecule has 3 unspecified atom stereocenters. The topological polar surface area (TPSA) is 25.4 Å². The second-order valence-electron chi connectivity index (χ2n) is 7.16. The number of pyridine rings is 1. The number of rotatable bonds is 5. The molecule has 2 bridgehead atoms. The molecule has 1 aromatic heterocycles. The smallest absolute Gasteiger partial charge is 0.0801 e. The number of nitrogens with zero attached hydrogens (tertiary/aromatic N) is 2. The van der Waals surface area contributed by atoms with E-state index >= 15 is 0 Å². The number of piperidine rings is 3. The zero-order valence-corrected chi connectivity index (χ0v) is 14.3. The van der Waals surface area contributed by atoms with Gasteiger partial charge in [0, 0.05) is 18.4 Å². The van der Waals surface area contributed by atoms with E-state index in [-0.39, 0.29) is 6.10 Å². The average Bonchev–Trinajstić information content (AvgIpc) is 2.66. The summed E-state index contributed by atoms with van der Waals surface area (Å²) in [6, 6.07) is 15.3. The Kier molecular flexibility index (Phi) is 4.63. The maximum atomic E-state index is 6.63. The van der Waals surface area contributed by atoms with Crippen LogP contribution in [0.25, 0.3) is 0 Å². The van der Waals surface area contributed by atoms with Crippen LogP contribution in [0, 0.1) is 5.92 Å². The molecular weight excluding hydrogens is 296 g/mol. The highest BCUT2D eigenvalue weighted by atomic mass is 16.5. The largest absolute Gasteiger partial charge is 0.369 e. The Bertz CT molecular complexity index is 637. The van der Waals surface area contributed by atoms with Crippen LogP contribution in [-0.4, -0.2) is 35.1 Å². The van der Waals surface area contributed by atoms with E-state index in [4.69, 9.17) is 4.74 Å². The monoisotopic (exact) mass is 322 g/mol. The van der Waals surface area contributed by atoms with Crippen molar-refractivity contribution in [3.8, 4) is 0 Å². The normalized spacial score (nSPS) is 30.2. The Balaban J connectivity index is 1.52. The van der Waals surface area contributed by atoms with Crippen molar-refractivity contribution in [1.82, 2.24) is 9.88 Å². The molecule has 24 heavy (non-hydrogen) atoms. The van der Waals surface area contributed by atoms with E-state index in [1.165, 1.54) is 37.1 Å². The molecule has 0 amide bonds. The van der Waals surface area contributed by atoms with Gasteiger partial charge in [-0.3, -0.25) is 9.88 Å². The third kappa shape index (κ3) is 3.24. The molecule has 1 aromatic carbocycles. The van der Waals surface area contributed by atoms with Gasteiger partial charge in [0.2, 0.25) is 0 Å². The van der Waals surface area contributed by atoms with Crippen LogP contribution in [0.1, 0.15) is 37.0 Å². The van der Waals surface area contributed by atoms with Gasteiger partial charge in [-0.05, 0) is 62.4 Å². The first-order valence-electron chi connectivity index (χ1n) is 9.14. The molecule has 3 aliphatic rings. The van der Waals surface area contributed by atoms with Crippen LogP contribution in [0.15, 0.2) is 54.9 Å². The maximum Gasteiger partial charge on any atom is 0.0801 e. The van der Waals surface area contributed by atoms with Crippen LogP contribution < -0.4 is 0 Å². The number of benzene rings is 1. The fraction of sp³-hybridized carbons (Fsp3) is 0.476. The summed E-state index contributed by atoms with van der Waals surface area (Å²) in [6.07, 6.45) is 7.90. The van der Waals surface area contributed by atoms with Gasteiger partial charge in [-0.25, -0.2) is 0 Å². The summed E-state index contributed by atoms with van der Waals surface area (Å²) in [7, 11) is 0. The first-order chi connectivity index (χ1) is 11.8. The summed E-state index contributed by atoms with van der Waals surface area (Å²) in [4.78, 5) is 6.92. The Morgan fingerprint density at radius 1 is 1.12 bits per heavy atom. The van der Waals surface area contributed by atoms with E-state index in [0.29, 0.717) is 18.1 Å². The summed E-state index contributed by atoms with van der Waals surface area (Å²) in [5, 5.41) is 0. The van der Waals surface area contributed by atoms with E-state index in [1.54, 1.807) is 0 Å². The zero-order chi connectivity index (χ0) is 16.4. The van der Waals surface area contributed by atoms with Gasteiger partial charge in [-0.1, -0.05) is 36.4 Å². The van der Waals surface area contributed by atoms with Gasteiger partial charge in [0.05, 0.1) is 12.2 Å². The molecule has 5 rings (SSSR count). The van der Waals surface area contributed by atoms with E-state index in [9.17, 15) is 0 Å². The van der Waals surface area contributed by atoms with Gasteiger partial charge >= 0.3 is 0 Å². The minimum Gasteiger partial charge on any atom is -0.369 e. The second kappa shape index (κ2) is 7.04. The molecule has 2 aromatic rings. The Morgan fingerprint density at radius 3 is 2.62 bits per heavy atom. The fourth-order valence-electron chi connectivity index (χ4n) is 4.35. The summed E-state index contributed by atoms with van der Waals surface area (Å²) < 4.78 is 6.63. The molecule has 3 fully saturated rings. The maximum absolute atomic E-state index is 6.63. The molecule has 4 heterocycles. The summed E-state index contributed by atoms with van der Waals surface area (Å²) >= 11 is 0. The summed E-state index contributed by atoms with van der Waals surface area (Å²) in [5.41, 5.74) is 2.59. The standard InChI is InChI=1S/C21H26N2O/c1-16(18-7-3-2-4-8-18)24-21-19-9-12-23(13-10-19)20(21)14-17-6-5-11-22-15-17/h2-8,11,15-16,19-21H,9-10,12-14H2,1H3. The number of fused-ring (bicyclic) bond motifs is 3. The molecule has 3 saturated heterocycles. The third-order valence-corrected chi connectivity index (χ3v) is 5.68. The molecule has 0 saturated carbocycles. The first kappa shape index (κ1) is 15.8. The van der Waals surface area contributed by atoms with Crippen LogP contribution in [0.4, 0.5) is 0 Å². The van der Waals surface area contributed by atoms with Crippen LogP contribution in [0.5, 0.6) is 0 Å². The van der Waals surface area contributed by atoms with Crippen molar-refractivity contribution in [3.63, 3.8) is 0 Å². The fourth-order valence-corrected chi connectivity index (χ4v) is 4.35. The van der Waals surface area contributed by atoms with Crippen molar-refractivity contribution in [3.05, 3.63) is 66.0 Å². The second-order valence-corrected chi connectivity index (χ2v) is 7.16. The van der Waals surface area contributed by atoms with Crippen molar-refractivity contribution in [1.29, 1.82) is 0 Å². The highest BCUT2D eigenvalue weighted by Gasteiger charge is 2.43. The van der Waals surface area contributed by atoms with E-state index < -0.39 is 0 Å². The van der Waals surface area contributed by atoms with Crippen LogP contribution >= 0.6 is 0 Å². The molecule has 126 valence electrons. The Labute approximate surface area is 144 Å². The quantitative estimate of drug-likeness (QED) is 0.836. The van der Waals surface area contributed by atoms with Crippen molar-refractivity contribution in [2.45, 2.75) is 44.4 Å². The Morgan fingerprint density at radius 2 is 1.92 bits per heavy atom. The van der Waals surface area contributed by atoms with Gasteiger partial charge in [0.15, 0.2) is 0 Å². The minimum atomic E-state index is 0.146. The van der Waals surface area contributed by atoms with Crippen molar-refractivity contribution >= 4 is 0 Å². The third-order valence-electron chi connectivity index (χ3n) is 5.68. The van der Waals surface area contributed by atoms with Crippen LogP contribution in [0.2, 0.25) is 0 Å². The molecule has 3 atom stereocenters. The van der Waals surface area contributed by atoms with Gasteiger partial charge in [0.1, 0.15) is 0 Å². The Hall–Kier alpha value is -1.71. The lowest BCUT2D eigenvalue weighted by Gasteiger charge is -2.51. The highest BCUT2D eigenvalue weighted by Crippen LogP contribution is 2.38. The van der Waals surface area contributed by atoms with Crippen LogP contribution in [-0.2, 0) is 11.2 Å². The SMILES string of the molecule is CC(OC1C2CCN(CC2)C1Cc1cccnc1)c1ccccc1. The summed E-state index contributed by atoms with van der Waals surface area (Å²) in [5.74, 6) is 0.697. The number of ether oxygens (including phenoxy) is 1. The van der Waals surface area contributed by atoms with E-state index in [2.05, 4.69) is 53.2 Å². The molecule has 3 aliphatic heterocycles. The van der Waals surface area contributed by atoms with Crippen molar-refractivity contribution in [2.24, 2.45) is 5.92 Å². The highest BCUT2D eigenvalue weighted by molar-refractivity contribution is 5.17. The zero-order valence-electron chi connectivity index (χ0n) is 14.3. The van der Waals surface area contributed by atoms with Crippen molar-refractivity contribution in [2.75, 3.05) is 13.1 Å². The van der Waals surface area contributed by atoms with Gasteiger partial charge in [-0.15, -0.1) is 0 Å². The molecule has 0 N–H and O–H groups in total. The average molecular weight is 322 g/mol. The lowest BCUT2D eigenvalue weighted by atomic mass is 9.78. The number of aromatic nitrogens is 1. The molecule has 0 spiro atoms. The number of hydrogen-bond donors (Lipinski definition) is 0. The molecule has 3 nitrogen and oxygen atoms in total. The molecule has 3 heteroatoms. The van der Waals surface area contributed by atoms with E-state index in [0.717, 1.165) is 6.42 Å². The predicted octanol–water partition coefficient (Wildman–Crippen LogP) is 3.86. The predicted molar refractivity (Wildman–Crippen MR) is 95.8 cm³/mol. The first-order valence-corrected chi connectivity index (χ1v) is 9.14. The summed E-state index contributed by atoms with van der Waals surface area (Å²) in [6.45, 7) is 4.62. The number of hydrogen-bond acceptors (Lipinski definition) is 3. The van der Waals surface area contributed by atoms with Crippen LogP contribution in [0.3, 0.4) is 0 Å². The lowest BCUT2D eigenvalue weighted by molar-refractivity contribution is -0.133. The minimum absolute atomic E-state index is 0.146. The van der Waals surface area contributed by atoms with Gasteiger partial charge < -0.3 is 4.74 Å².